The van der Waals surface area contributed by atoms with Gasteiger partial charge in [-0.3, -0.25) is 0 Å². The molecular formula is C15H19BrF2. The minimum atomic E-state index is -0.324. The minimum Gasteiger partial charge on any atom is -0.207 e. The topological polar surface area (TPSA) is 0 Å². The van der Waals surface area contributed by atoms with Crippen LogP contribution in [-0.2, 0) is 0 Å². The van der Waals surface area contributed by atoms with Crippen molar-refractivity contribution in [2.24, 2.45) is 5.41 Å². The summed E-state index contributed by atoms with van der Waals surface area (Å²) < 4.78 is 27.6. The van der Waals surface area contributed by atoms with Gasteiger partial charge in [-0.2, -0.15) is 0 Å². The largest absolute Gasteiger partial charge is 0.207 e. The Bertz CT molecular complexity index is 436. The minimum absolute atomic E-state index is 0.0286. The van der Waals surface area contributed by atoms with Gasteiger partial charge in [0.2, 0.25) is 0 Å². The molecule has 18 heavy (non-hydrogen) atoms. The highest BCUT2D eigenvalue weighted by molar-refractivity contribution is 9.09. The van der Waals surface area contributed by atoms with Crippen molar-refractivity contribution in [2.75, 3.05) is 0 Å². The van der Waals surface area contributed by atoms with E-state index in [2.05, 4.69) is 22.9 Å². The van der Waals surface area contributed by atoms with E-state index in [1.165, 1.54) is 31.4 Å². The van der Waals surface area contributed by atoms with E-state index >= 15 is 0 Å². The molecule has 100 valence electrons. The van der Waals surface area contributed by atoms with Crippen molar-refractivity contribution in [1.82, 2.24) is 0 Å². The molecule has 1 unspecified atom stereocenters. The molecule has 0 spiro atoms. The molecule has 0 aliphatic heterocycles. The summed E-state index contributed by atoms with van der Waals surface area (Å²) in [6.45, 7) is 3.76. The smallest absolute Gasteiger partial charge is 0.128 e. The van der Waals surface area contributed by atoms with Gasteiger partial charge in [0, 0.05) is 10.4 Å². The summed E-state index contributed by atoms with van der Waals surface area (Å²) in [6, 6.07) is 2.65. The Balaban J connectivity index is 2.33. The van der Waals surface area contributed by atoms with E-state index in [1.807, 2.05) is 0 Å². The van der Waals surface area contributed by atoms with Crippen LogP contribution in [-0.4, -0.2) is 0 Å². The Morgan fingerprint density at radius 1 is 1.11 bits per heavy atom. The SMILES string of the molecule is Cc1cc(F)c(C(Br)C2(C)CCCCC2)cc1F. The predicted octanol–water partition coefficient (Wildman–Crippen LogP) is 5.68. The Hall–Kier alpha value is -0.440. The van der Waals surface area contributed by atoms with Crippen LogP contribution < -0.4 is 0 Å². The van der Waals surface area contributed by atoms with Crippen LogP contribution in [0.2, 0.25) is 0 Å². The number of rotatable bonds is 2. The summed E-state index contributed by atoms with van der Waals surface area (Å²) in [6.07, 6.45) is 5.74. The zero-order valence-corrected chi connectivity index (χ0v) is 12.5. The highest BCUT2D eigenvalue weighted by Crippen LogP contribution is 2.50. The normalized spacial score (nSPS) is 20.7. The lowest BCUT2D eigenvalue weighted by atomic mass is 9.72. The molecule has 1 saturated carbocycles. The van der Waals surface area contributed by atoms with Gasteiger partial charge in [0.05, 0.1) is 0 Å². The first-order chi connectivity index (χ1) is 8.44. The standard InChI is InChI=1S/C15H19BrF2/c1-10-8-13(18)11(9-12(10)17)14(16)15(2)6-4-3-5-7-15/h8-9,14H,3-7H2,1-2H3. The van der Waals surface area contributed by atoms with E-state index < -0.39 is 0 Å². The average molecular weight is 317 g/mol. The molecule has 0 aromatic heterocycles. The van der Waals surface area contributed by atoms with E-state index in [-0.39, 0.29) is 21.9 Å². The van der Waals surface area contributed by atoms with Crippen LogP contribution in [0, 0.1) is 24.0 Å². The van der Waals surface area contributed by atoms with Gasteiger partial charge in [-0.05, 0) is 42.9 Å². The number of aryl methyl sites for hydroxylation is 1. The second-order valence-corrected chi connectivity index (χ2v) is 6.62. The van der Waals surface area contributed by atoms with Gasteiger partial charge in [0.15, 0.2) is 0 Å². The molecule has 1 aromatic rings. The molecule has 0 amide bonds. The molecule has 1 aliphatic carbocycles. The highest BCUT2D eigenvalue weighted by Gasteiger charge is 2.36. The van der Waals surface area contributed by atoms with Crippen LogP contribution in [0.3, 0.4) is 0 Å². The van der Waals surface area contributed by atoms with Gasteiger partial charge in [0.1, 0.15) is 11.6 Å². The lowest BCUT2D eigenvalue weighted by Gasteiger charge is -2.38. The molecule has 1 aromatic carbocycles. The van der Waals surface area contributed by atoms with Crippen LogP contribution in [0.5, 0.6) is 0 Å². The molecule has 1 fully saturated rings. The van der Waals surface area contributed by atoms with E-state index in [0.717, 1.165) is 12.8 Å². The number of hydrogen-bond acceptors (Lipinski definition) is 0. The first kappa shape index (κ1) is 14.0. The molecule has 0 nitrogen and oxygen atoms in total. The zero-order valence-electron chi connectivity index (χ0n) is 10.9. The fourth-order valence-corrected chi connectivity index (χ4v) is 3.65. The van der Waals surface area contributed by atoms with Crippen molar-refractivity contribution in [3.05, 3.63) is 34.9 Å². The number of benzene rings is 1. The first-order valence-corrected chi connectivity index (χ1v) is 7.45. The third-order valence-electron chi connectivity index (χ3n) is 4.16. The van der Waals surface area contributed by atoms with Gasteiger partial charge in [-0.15, -0.1) is 0 Å². The van der Waals surface area contributed by atoms with Gasteiger partial charge in [-0.25, -0.2) is 8.78 Å². The molecule has 3 heteroatoms. The first-order valence-electron chi connectivity index (χ1n) is 6.54. The molecule has 2 rings (SSSR count). The Morgan fingerprint density at radius 2 is 1.72 bits per heavy atom. The van der Waals surface area contributed by atoms with Crippen molar-refractivity contribution in [3.8, 4) is 0 Å². The van der Waals surface area contributed by atoms with E-state index in [9.17, 15) is 8.78 Å². The van der Waals surface area contributed by atoms with Crippen LogP contribution >= 0.6 is 15.9 Å². The summed E-state index contributed by atoms with van der Waals surface area (Å²) in [5.41, 5.74) is 0.855. The monoisotopic (exact) mass is 316 g/mol. The van der Waals surface area contributed by atoms with E-state index in [4.69, 9.17) is 0 Å². The Kier molecular flexibility index (Phi) is 4.10. The fraction of sp³-hybridized carbons (Fsp3) is 0.600. The summed E-state index contributed by atoms with van der Waals surface area (Å²) >= 11 is 3.61. The quantitative estimate of drug-likeness (QED) is 0.616. The number of halogens is 3. The van der Waals surface area contributed by atoms with E-state index in [0.29, 0.717) is 11.1 Å². The van der Waals surface area contributed by atoms with Crippen LogP contribution in [0.15, 0.2) is 12.1 Å². The maximum absolute atomic E-state index is 14.0. The van der Waals surface area contributed by atoms with Gasteiger partial charge >= 0.3 is 0 Å². The van der Waals surface area contributed by atoms with Crippen LogP contribution in [0.25, 0.3) is 0 Å². The Labute approximate surface area is 116 Å². The molecule has 1 aliphatic rings. The maximum atomic E-state index is 14.0. The molecule has 0 saturated heterocycles. The van der Waals surface area contributed by atoms with Gasteiger partial charge in [0.25, 0.3) is 0 Å². The third kappa shape index (κ3) is 2.61. The van der Waals surface area contributed by atoms with Gasteiger partial charge in [-0.1, -0.05) is 42.1 Å². The molecular weight excluding hydrogens is 298 g/mol. The number of hydrogen-bond donors (Lipinski definition) is 0. The van der Waals surface area contributed by atoms with Crippen molar-refractivity contribution < 1.29 is 8.78 Å². The second kappa shape index (κ2) is 5.28. The van der Waals surface area contributed by atoms with Crippen molar-refractivity contribution in [1.29, 1.82) is 0 Å². The summed E-state index contributed by atoms with van der Waals surface area (Å²) in [4.78, 5) is -0.111. The zero-order chi connectivity index (χ0) is 13.3. The second-order valence-electron chi connectivity index (χ2n) is 5.70. The summed E-state index contributed by atoms with van der Waals surface area (Å²) in [5.74, 6) is -0.627. The molecule has 0 N–H and O–H groups in total. The fourth-order valence-electron chi connectivity index (χ4n) is 2.84. The average Bonchev–Trinajstić information content (AvgIpc) is 2.34. The molecule has 1 atom stereocenters. The van der Waals surface area contributed by atoms with Crippen molar-refractivity contribution >= 4 is 15.9 Å². The lowest BCUT2D eigenvalue weighted by molar-refractivity contribution is 0.210. The third-order valence-corrected chi connectivity index (χ3v) is 5.76. The van der Waals surface area contributed by atoms with Gasteiger partial charge < -0.3 is 0 Å². The molecule has 0 heterocycles. The summed E-state index contributed by atoms with van der Waals surface area (Å²) in [5, 5.41) is 0. The predicted molar refractivity (Wildman–Crippen MR) is 74.0 cm³/mol. The van der Waals surface area contributed by atoms with E-state index in [1.54, 1.807) is 6.92 Å². The van der Waals surface area contributed by atoms with Crippen LogP contribution in [0.4, 0.5) is 8.78 Å². The molecule has 0 radical (unpaired) electrons. The van der Waals surface area contributed by atoms with Crippen LogP contribution in [0.1, 0.15) is 55.0 Å². The summed E-state index contributed by atoms with van der Waals surface area (Å²) in [7, 11) is 0. The lowest BCUT2D eigenvalue weighted by Crippen LogP contribution is -2.25. The Morgan fingerprint density at radius 3 is 2.33 bits per heavy atom. The van der Waals surface area contributed by atoms with Crippen molar-refractivity contribution in [2.45, 2.75) is 50.8 Å². The maximum Gasteiger partial charge on any atom is 0.128 e. The number of alkyl halides is 1. The highest BCUT2D eigenvalue weighted by atomic mass is 79.9. The van der Waals surface area contributed by atoms with Crippen molar-refractivity contribution in [3.63, 3.8) is 0 Å². The molecule has 0 bridgehead atoms.